The normalized spacial score (nSPS) is 18.2. The number of hydrogen-bond acceptors (Lipinski definition) is 5. The van der Waals surface area contributed by atoms with E-state index >= 15 is 0 Å². The van der Waals surface area contributed by atoms with Gasteiger partial charge in [-0.3, -0.25) is 9.88 Å². The number of nitrogens with zero attached hydrogens (tertiary/aromatic N) is 3. The molecule has 6 heteroatoms. The largest absolute Gasteiger partial charge is 0.409 e. The van der Waals surface area contributed by atoms with E-state index in [1.807, 2.05) is 12.1 Å². The molecule has 2 heterocycles. The van der Waals surface area contributed by atoms with E-state index in [9.17, 15) is 0 Å². The fourth-order valence-electron chi connectivity index (χ4n) is 1.84. The Morgan fingerprint density at radius 2 is 2.29 bits per heavy atom. The lowest BCUT2D eigenvalue weighted by molar-refractivity contribution is 0.0341. The van der Waals surface area contributed by atoms with Crippen LogP contribution in [0.3, 0.4) is 0 Å². The molecule has 2 rings (SSSR count). The fraction of sp³-hybridized carbons (Fsp3) is 0.455. The van der Waals surface area contributed by atoms with E-state index in [4.69, 9.17) is 15.7 Å². The molecule has 0 aliphatic carbocycles. The van der Waals surface area contributed by atoms with Gasteiger partial charge in [0, 0.05) is 25.8 Å². The minimum absolute atomic E-state index is 0.0499. The van der Waals surface area contributed by atoms with Gasteiger partial charge in [-0.2, -0.15) is 0 Å². The summed E-state index contributed by atoms with van der Waals surface area (Å²) in [6.45, 7) is 4.02. The summed E-state index contributed by atoms with van der Waals surface area (Å²) in [5.41, 5.74) is 7.10. The molecular formula is C11H16N4O2. The molecule has 1 aromatic rings. The average molecular weight is 236 g/mol. The Labute approximate surface area is 99.7 Å². The molecule has 0 radical (unpaired) electrons. The van der Waals surface area contributed by atoms with Crippen LogP contribution in [0.15, 0.2) is 23.5 Å². The van der Waals surface area contributed by atoms with Crippen molar-refractivity contribution >= 4 is 5.84 Å². The van der Waals surface area contributed by atoms with Crippen LogP contribution in [0, 0.1) is 0 Å². The molecular weight excluding hydrogens is 220 g/mol. The Morgan fingerprint density at radius 3 is 3.00 bits per heavy atom. The maximum Gasteiger partial charge on any atom is 0.189 e. The summed E-state index contributed by atoms with van der Waals surface area (Å²) in [4.78, 5) is 6.40. The Morgan fingerprint density at radius 1 is 1.53 bits per heavy atom. The number of amidine groups is 1. The zero-order valence-electron chi connectivity index (χ0n) is 9.54. The fourth-order valence-corrected chi connectivity index (χ4v) is 1.84. The van der Waals surface area contributed by atoms with E-state index in [2.05, 4.69) is 15.0 Å². The number of hydrogen-bond donors (Lipinski definition) is 2. The van der Waals surface area contributed by atoms with Gasteiger partial charge in [0.2, 0.25) is 0 Å². The first-order valence-electron chi connectivity index (χ1n) is 5.53. The van der Waals surface area contributed by atoms with Gasteiger partial charge in [0.05, 0.1) is 13.2 Å². The van der Waals surface area contributed by atoms with Crippen molar-refractivity contribution in [3.8, 4) is 0 Å². The summed E-state index contributed by atoms with van der Waals surface area (Å²) in [7, 11) is 0. The van der Waals surface area contributed by atoms with Crippen molar-refractivity contribution in [3.05, 3.63) is 29.6 Å². The molecule has 0 atom stereocenters. The van der Waals surface area contributed by atoms with Crippen molar-refractivity contribution in [2.24, 2.45) is 10.9 Å². The van der Waals surface area contributed by atoms with Gasteiger partial charge in [-0.15, -0.1) is 0 Å². The first-order chi connectivity index (χ1) is 8.31. The number of pyridine rings is 1. The molecule has 0 aromatic carbocycles. The molecule has 0 amide bonds. The lowest BCUT2D eigenvalue weighted by atomic mass is 10.1. The predicted octanol–water partition coefficient (Wildman–Crippen LogP) is 0.00830. The Kier molecular flexibility index (Phi) is 3.89. The summed E-state index contributed by atoms with van der Waals surface area (Å²) < 4.78 is 5.29. The van der Waals surface area contributed by atoms with Crippen LogP contribution in [-0.2, 0) is 11.3 Å². The van der Waals surface area contributed by atoms with E-state index in [-0.39, 0.29) is 5.84 Å². The van der Waals surface area contributed by atoms with Crippen molar-refractivity contribution in [2.75, 3.05) is 26.3 Å². The van der Waals surface area contributed by atoms with Gasteiger partial charge in [0.25, 0.3) is 0 Å². The molecule has 1 fully saturated rings. The van der Waals surface area contributed by atoms with Crippen LogP contribution >= 0.6 is 0 Å². The first kappa shape index (κ1) is 11.8. The van der Waals surface area contributed by atoms with Gasteiger partial charge in [-0.1, -0.05) is 11.2 Å². The molecule has 92 valence electrons. The van der Waals surface area contributed by atoms with Gasteiger partial charge < -0.3 is 15.7 Å². The van der Waals surface area contributed by atoms with Gasteiger partial charge in [-0.05, 0) is 11.6 Å². The Balaban J connectivity index is 2.14. The molecule has 1 aromatic heterocycles. The number of nitrogens with two attached hydrogens (primary N) is 1. The van der Waals surface area contributed by atoms with Crippen LogP contribution in [0.2, 0.25) is 0 Å². The van der Waals surface area contributed by atoms with Crippen molar-refractivity contribution in [3.63, 3.8) is 0 Å². The van der Waals surface area contributed by atoms with Gasteiger partial charge in [-0.25, -0.2) is 0 Å². The molecule has 0 bridgehead atoms. The van der Waals surface area contributed by atoms with Crippen LogP contribution < -0.4 is 5.73 Å². The number of oxime groups is 1. The number of ether oxygens (including phenoxy) is 1. The van der Waals surface area contributed by atoms with Crippen LogP contribution in [0.25, 0.3) is 0 Å². The second-order valence-electron chi connectivity index (χ2n) is 3.88. The van der Waals surface area contributed by atoms with Gasteiger partial charge in [0.15, 0.2) is 5.84 Å². The quantitative estimate of drug-likeness (QED) is 0.334. The van der Waals surface area contributed by atoms with E-state index in [0.717, 1.165) is 38.4 Å². The third-order valence-corrected chi connectivity index (χ3v) is 2.74. The van der Waals surface area contributed by atoms with Crippen molar-refractivity contribution in [1.29, 1.82) is 0 Å². The highest BCUT2D eigenvalue weighted by molar-refractivity contribution is 5.96. The second kappa shape index (κ2) is 5.60. The third kappa shape index (κ3) is 2.92. The van der Waals surface area contributed by atoms with Gasteiger partial charge >= 0.3 is 0 Å². The monoisotopic (exact) mass is 236 g/mol. The zero-order valence-corrected chi connectivity index (χ0v) is 9.54. The summed E-state index contributed by atoms with van der Waals surface area (Å²) in [6.07, 6.45) is 1.64. The lowest BCUT2D eigenvalue weighted by Crippen LogP contribution is -2.36. The molecule has 6 nitrogen and oxygen atoms in total. The van der Waals surface area contributed by atoms with E-state index in [0.29, 0.717) is 5.69 Å². The topological polar surface area (TPSA) is 84.0 Å². The summed E-state index contributed by atoms with van der Waals surface area (Å²) >= 11 is 0. The Bertz CT molecular complexity index is 402. The van der Waals surface area contributed by atoms with E-state index in [1.165, 1.54) is 0 Å². The van der Waals surface area contributed by atoms with E-state index in [1.54, 1.807) is 6.20 Å². The van der Waals surface area contributed by atoms with Crippen molar-refractivity contribution in [2.45, 2.75) is 6.54 Å². The highest BCUT2D eigenvalue weighted by Gasteiger charge is 2.14. The van der Waals surface area contributed by atoms with Crippen LogP contribution in [-0.4, -0.2) is 47.2 Å². The highest BCUT2D eigenvalue weighted by Crippen LogP contribution is 2.10. The molecule has 1 aliphatic heterocycles. The lowest BCUT2D eigenvalue weighted by Gasteiger charge is -2.27. The molecule has 1 saturated heterocycles. The maximum absolute atomic E-state index is 8.71. The molecule has 0 spiro atoms. The maximum atomic E-state index is 8.71. The molecule has 3 N–H and O–H groups in total. The van der Waals surface area contributed by atoms with Crippen LogP contribution in [0.1, 0.15) is 11.3 Å². The molecule has 17 heavy (non-hydrogen) atoms. The number of rotatable bonds is 3. The highest BCUT2D eigenvalue weighted by atomic mass is 16.5. The standard InChI is InChI=1S/C11H16N4O2/c12-11(14-16)10-9(2-1-3-13-10)8-15-4-6-17-7-5-15/h1-3,16H,4-8H2,(H2,12,14). The van der Waals surface area contributed by atoms with Crippen molar-refractivity contribution < 1.29 is 9.94 Å². The number of morpholine rings is 1. The summed E-state index contributed by atoms with van der Waals surface area (Å²) in [6, 6.07) is 3.79. The average Bonchev–Trinajstić information content (AvgIpc) is 2.40. The van der Waals surface area contributed by atoms with E-state index < -0.39 is 0 Å². The first-order valence-corrected chi connectivity index (χ1v) is 5.53. The van der Waals surface area contributed by atoms with Crippen LogP contribution in [0.4, 0.5) is 0 Å². The smallest absolute Gasteiger partial charge is 0.189 e. The summed E-state index contributed by atoms with van der Waals surface area (Å²) in [5.74, 6) is 0.0499. The van der Waals surface area contributed by atoms with Crippen molar-refractivity contribution in [1.82, 2.24) is 9.88 Å². The van der Waals surface area contributed by atoms with Gasteiger partial charge in [0.1, 0.15) is 5.69 Å². The van der Waals surface area contributed by atoms with Crippen LogP contribution in [0.5, 0.6) is 0 Å². The second-order valence-corrected chi connectivity index (χ2v) is 3.88. The predicted molar refractivity (Wildman–Crippen MR) is 62.8 cm³/mol. The third-order valence-electron chi connectivity index (χ3n) is 2.74. The molecule has 1 aliphatic rings. The zero-order chi connectivity index (χ0) is 12.1. The molecule has 0 saturated carbocycles. The SMILES string of the molecule is NC(=NO)c1ncccc1CN1CCOCC1. The Hall–Kier alpha value is -1.66. The molecule has 0 unspecified atom stereocenters. The minimum Gasteiger partial charge on any atom is -0.409 e. The number of aromatic nitrogens is 1. The summed E-state index contributed by atoms with van der Waals surface area (Å²) in [5, 5.41) is 11.7. The minimum atomic E-state index is 0.0499.